The normalized spacial score (nSPS) is 33.0. The molecule has 0 heterocycles. The van der Waals surface area contributed by atoms with E-state index in [9.17, 15) is 0 Å². The van der Waals surface area contributed by atoms with E-state index in [1.165, 1.54) is 18.4 Å². The highest BCUT2D eigenvalue weighted by Crippen LogP contribution is 2.39. The van der Waals surface area contributed by atoms with Crippen molar-refractivity contribution in [1.82, 2.24) is 0 Å². The molecule has 50 valence electrons. The average Bonchev–Trinajstić information content (AvgIpc) is 1.61. The Morgan fingerprint density at radius 2 is 2.22 bits per heavy atom. The van der Waals surface area contributed by atoms with Crippen LogP contribution in [0.4, 0.5) is 0 Å². The first-order valence-electron chi connectivity index (χ1n) is 3.53. The van der Waals surface area contributed by atoms with Gasteiger partial charge in [-0.1, -0.05) is 18.2 Å². The van der Waals surface area contributed by atoms with Gasteiger partial charge in [0, 0.05) is 0 Å². The standard InChI is InChI=1S/C9H14/c1-4-8-5-6-9(8)7(2)3/h4,8-9H,1-2,5-6H2,3H3/t8-,9+/m1/s1. The van der Waals surface area contributed by atoms with Crippen molar-refractivity contribution >= 4 is 0 Å². The molecule has 0 aromatic heterocycles. The molecule has 0 bridgehead atoms. The van der Waals surface area contributed by atoms with Crippen LogP contribution in [-0.4, -0.2) is 0 Å². The molecule has 0 aliphatic heterocycles. The Morgan fingerprint density at radius 1 is 1.56 bits per heavy atom. The largest absolute Gasteiger partial charge is 0.103 e. The molecule has 0 aromatic rings. The van der Waals surface area contributed by atoms with E-state index in [-0.39, 0.29) is 0 Å². The molecular weight excluding hydrogens is 108 g/mol. The molecule has 0 unspecified atom stereocenters. The van der Waals surface area contributed by atoms with Crippen LogP contribution in [0.1, 0.15) is 19.8 Å². The summed E-state index contributed by atoms with van der Waals surface area (Å²) >= 11 is 0. The smallest absolute Gasteiger partial charge is 0.0146 e. The summed E-state index contributed by atoms with van der Waals surface area (Å²) in [6.07, 6.45) is 4.70. The van der Waals surface area contributed by atoms with Gasteiger partial charge in [0.1, 0.15) is 0 Å². The van der Waals surface area contributed by atoms with Gasteiger partial charge in [-0.2, -0.15) is 0 Å². The number of rotatable bonds is 2. The average molecular weight is 122 g/mol. The van der Waals surface area contributed by atoms with Crippen molar-refractivity contribution in [3.63, 3.8) is 0 Å². The van der Waals surface area contributed by atoms with Gasteiger partial charge in [-0.15, -0.1) is 6.58 Å². The van der Waals surface area contributed by atoms with E-state index in [1.54, 1.807) is 0 Å². The van der Waals surface area contributed by atoms with Crippen molar-refractivity contribution in [2.75, 3.05) is 0 Å². The fourth-order valence-electron chi connectivity index (χ4n) is 1.42. The zero-order valence-corrected chi connectivity index (χ0v) is 6.06. The van der Waals surface area contributed by atoms with Crippen LogP contribution in [0.3, 0.4) is 0 Å². The van der Waals surface area contributed by atoms with Gasteiger partial charge in [0.15, 0.2) is 0 Å². The van der Waals surface area contributed by atoms with Gasteiger partial charge in [-0.05, 0) is 31.6 Å². The molecule has 0 saturated heterocycles. The van der Waals surface area contributed by atoms with Crippen LogP contribution >= 0.6 is 0 Å². The monoisotopic (exact) mass is 122 g/mol. The van der Waals surface area contributed by atoms with Crippen LogP contribution in [0.15, 0.2) is 24.8 Å². The third-order valence-corrected chi connectivity index (χ3v) is 2.26. The van der Waals surface area contributed by atoms with Crippen molar-refractivity contribution in [2.45, 2.75) is 19.8 Å². The fraction of sp³-hybridized carbons (Fsp3) is 0.556. The number of allylic oxidation sites excluding steroid dienone is 2. The Bertz CT molecular complexity index is 133. The maximum absolute atomic E-state index is 3.93. The molecule has 0 amide bonds. The lowest BCUT2D eigenvalue weighted by atomic mass is 9.70. The molecule has 0 aromatic carbocycles. The summed E-state index contributed by atoms with van der Waals surface area (Å²) in [5.74, 6) is 1.49. The van der Waals surface area contributed by atoms with Crippen LogP contribution in [-0.2, 0) is 0 Å². The summed E-state index contributed by atoms with van der Waals surface area (Å²) in [4.78, 5) is 0. The van der Waals surface area contributed by atoms with E-state index in [0.717, 1.165) is 11.8 Å². The predicted octanol–water partition coefficient (Wildman–Crippen LogP) is 2.77. The summed E-state index contributed by atoms with van der Waals surface area (Å²) in [7, 11) is 0. The Hall–Kier alpha value is -0.520. The van der Waals surface area contributed by atoms with Crippen LogP contribution in [0.5, 0.6) is 0 Å². The van der Waals surface area contributed by atoms with Gasteiger partial charge >= 0.3 is 0 Å². The second-order valence-electron chi connectivity index (χ2n) is 2.93. The van der Waals surface area contributed by atoms with Crippen LogP contribution in [0.25, 0.3) is 0 Å². The van der Waals surface area contributed by atoms with Gasteiger partial charge in [0.05, 0.1) is 0 Å². The van der Waals surface area contributed by atoms with Crippen LogP contribution < -0.4 is 0 Å². The minimum Gasteiger partial charge on any atom is -0.103 e. The summed E-state index contributed by atoms with van der Waals surface area (Å²) in [5.41, 5.74) is 1.33. The topological polar surface area (TPSA) is 0 Å². The molecule has 0 heteroatoms. The van der Waals surface area contributed by atoms with E-state index >= 15 is 0 Å². The SMILES string of the molecule is C=C[C@@H]1CC[C@H]1C(=C)C. The highest BCUT2D eigenvalue weighted by molar-refractivity contribution is 5.08. The van der Waals surface area contributed by atoms with Gasteiger partial charge in [-0.25, -0.2) is 0 Å². The summed E-state index contributed by atoms with van der Waals surface area (Å²) in [6, 6.07) is 0. The molecule has 1 aliphatic carbocycles. The van der Waals surface area contributed by atoms with Crippen LogP contribution in [0, 0.1) is 11.8 Å². The van der Waals surface area contributed by atoms with Crippen molar-refractivity contribution in [2.24, 2.45) is 11.8 Å². The molecule has 0 radical (unpaired) electrons. The minimum absolute atomic E-state index is 0.738. The third-order valence-electron chi connectivity index (χ3n) is 2.26. The first kappa shape index (κ1) is 6.60. The van der Waals surface area contributed by atoms with Gasteiger partial charge in [-0.3, -0.25) is 0 Å². The lowest BCUT2D eigenvalue weighted by Gasteiger charge is -2.34. The van der Waals surface area contributed by atoms with E-state index in [0.29, 0.717) is 0 Å². The highest BCUT2D eigenvalue weighted by atomic mass is 14.3. The molecule has 0 nitrogen and oxygen atoms in total. The van der Waals surface area contributed by atoms with E-state index in [4.69, 9.17) is 0 Å². The van der Waals surface area contributed by atoms with Gasteiger partial charge in [0.2, 0.25) is 0 Å². The molecule has 1 rings (SSSR count). The Balaban J connectivity index is 2.44. The van der Waals surface area contributed by atoms with Crippen molar-refractivity contribution in [1.29, 1.82) is 0 Å². The van der Waals surface area contributed by atoms with Crippen molar-refractivity contribution < 1.29 is 0 Å². The van der Waals surface area contributed by atoms with Crippen LogP contribution in [0.2, 0.25) is 0 Å². The number of hydrogen-bond donors (Lipinski definition) is 0. The Labute approximate surface area is 57.3 Å². The molecule has 2 atom stereocenters. The highest BCUT2D eigenvalue weighted by Gasteiger charge is 2.27. The molecule has 0 N–H and O–H groups in total. The Morgan fingerprint density at radius 3 is 2.33 bits per heavy atom. The molecule has 0 spiro atoms. The molecule has 1 saturated carbocycles. The lowest BCUT2D eigenvalue weighted by molar-refractivity contribution is 0.272. The second-order valence-corrected chi connectivity index (χ2v) is 2.93. The second kappa shape index (κ2) is 2.38. The zero-order valence-electron chi connectivity index (χ0n) is 6.06. The zero-order chi connectivity index (χ0) is 6.85. The number of hydrogen-bond acceptors (Lipinski definition) is 0. The first-order valence-corrected chi connectivity index (χ1v) is 3.53. The summed E-state index contributed by atoms with van der Waals surface area (Å²) in [5, 5.41) is 0. The van der Waals surface area contributed by atoms with E-state index in [1.807, 2.05) is 0 Å². The van der Waals surface area contributed by atoms with E-state index < -0.39 is 0 Å². The first-order chi connectivity index (χ1) is 4.25. The maximum atomic E-state index is 3.93. The molecule has 1 aliphatic rings. The Kier molecular flexibility index (Phi) is 1.75. The predicted molar refractivity (Wildman–Crippen MR) is 41.2 cm³/mol. The molecule has 9 heavy (non-hydrogen) atoms. The lowest BCUT2D eigenvalue weighted by Crippen LogP contribution is -2.24. The van der Waals surface area contributed by atoms with Gasteiger partial charge in [0.25, 0.3) is 0 Å². The third kappa shape index (κ3) is 1.07. The maximum Gasteiger partial charge on any atom is -0.0146 e. The van der Waals surface area contributed by atoms with Crippen molar-refractivity contribution in [3.8, 4) is 0 Å². The minimum atomic E-state index is 0.738. The van der Waals surface area contributed by atoms with Crippen molar-refractivity contribution in [3.05, 3.63) is 24.8 Å². The quantitative estimate of drug-likeness (QED) is 0.494. The van der Waals surface area contributed by atoms with Gasteiger partial charge < -0.3 is 0 Å². The molecule has 1 fully saturated rings. The summed E-state index contributed by atoms with van der Waals surface area (Å²) < 4.78 is 0. The fourth-order valence-corrected chi connectivity index (χ4v) is 1.42. The molecular formula is C9H14. The summed E-state index contributed by atoms with van der Waals surface area (Å²) in [6.45, 7) is 9.81. The van der Waals surface area contributed by atoms with E-state index in [2.05, 4.69) is 26.2 Å².